The quantitative estimate of drug-likeness (QED) is 0.913. The number of hydrogen-bond donors (Lipinski definition) is 1. The van der Waals surface area contributed by atoms with Crippen LogP contribution in [0.15, 0.2) is 24.3 Å². The lowest BCUT2D eigenvalue weighted by atomic mass is 10.0. The Balaban J connectivity index is 2.84. The van der Waals surface area contributed by atoms with Gasteiger partial charge in [-0.25, -0.2) is 0 Å². The van der Waals surface area contributed by atoms with E-state index in [1.54, 1.807) is 11.9 Å². The lowest BCUT2D eigenvalue weighted by Crippen LogP contribution is -2.45. The SMILES string of the molecule is CC(C)[C@H](N)C(=O)N(C)[C@H](C)c1cccc(Cl)c1. The Morgan fingerprint density at radius 1 is 1.33 bits per heavy atom. The molecule has 0 radical (unpaired) electrons. The van der Waals surface area contributed by atoms with Gasteiger partial charge in [-0.1, -0.05) is 37.6 Å². The van der Waals surface area contributed by atoms with Crippen LogP contribution in [0.3, 0.4) is 0 Å². The fourth-order valence-electron chi connectivity index (χ4n) is 1.70. The van der Waals surface area contributed by atoms with Crippen molar-refractivity contribution in [2.75, 3.05) is 7.05 Å². The van der Waals surface area contributed by atoms with E-state index in [1.807, 2.05) is 45.0 Å². The molecule has 0 spiro atoms. The van der Waals surface area contributed by atoms with Gasteiger partial charge < -0.3 is 10.6 Å². The summed E-state index contributed by atoms with van der Waals surface area (Å²) in [5.41, 5.74) is 6.90. The third-order valence-electron chi connectivity index (χ3n) is 3.26. The molecule has 4 heteroatoms. The molecule has 2 atom stereocenters. The standard InChI is InChI=1S/C14H21ClN2O/c1-9(2)13(16)14(18)17(4)10(3)11-6-5-7-12(15)8-11/h5-10,13H,16H2,1-4H3/t10-,13+/m1/s1. The van der Waals surface area contributed by atoms with Crippen molar-refractivity contribution in [3.8, 4) is 0 Å². The van der Waals surface area contributed by atoms with Gasteiger partial charge in [0.1, 0.15) is 0 Å². The molecule has 0 aliphatic carbocycles. The predicted molar refractivity (Wildman–Crippen MR) is 75.5 cm³/mol. The molecular weight excluding hydrogens is 248 g/mol. The van der Waals surface area contributed by atoms with Crippen LogP contribution in [0.2, 0.25) is 5.02 Å². The van der Waals surface area contributed by atoms with E-state index in [9.17, 15) is 4.79 Å². The first kappa shape index (κ1) is 15.0. The number of rotatable bonds is 4. The van der Waals surface area contributed by atoms with Gasteiger partial charge >= 0.3 is 0 Å². The van der Waals surface area contributed by atoms with Gasteiger partial charge in [0.05, 0.1) is 12.1 Å². The van der Waals surface area contributed by atoms with E-state index in [0.717, 1.165) is 5.56 Å². The van der Waals surface area contributed by atoms with Gasteiger partial charge in [0.2, 0.25) is 5.91 Å². The molecular formula is C14H21ClN2O. The first-order valence-corrected chi connectivity index (χ1v) is 6.50. The van der Waals surface area contributed by atoms with Gasteiger partial charge in [-0.2, -0.15) is 0 Å². The van der Waals surface area contributed by atoms with Crippen molar-refractivity contribution in [1.82, 2.24) is 4.90 Å². The number of carbonyl (C=O) groups is 1. The second-order valence-corrected chi connectivity index (χ2v) is 5.39. The molecule has 0 aromatic heterocycles. The Bertz CT molecular complexity index is 420. The molecule has 1 amide bonds. The molecule has 1 aromatic rings. The molecule has 0 aliphatic heterocycles. The Hall–Kier alpha value is -1.06. The second-order valence-electron chi connectivity index (χ2n) is 4.95. The number of hydrogen-bond acceptors (Lipinski definition) is 2. The molecule has 0 aliphatic rings. The summed E-state index contributed by atoms with van der Waals surface area (Å²) >= 11 is 5.96. The molecule has 0 unspecified atom stereocenters. The topological polar surface area (TPSA) is 46.3 Å². The van der Waals surface area contributed by atoms with Crippen LogP contribution in [-0.2, 0) is 4.79 Å². The Labute approximate surface area is 114 Å². The second kappa shape index (κ2) is 6.21. The van der Waals surface area contributed by atoms with Crippen LogP contribution in [0.4, 0.5) is 0 Å². The average molecular weight is 269 g/mol. The van der Waals surface area contributed by atoms with E-state index in [0.29, 0.717) is 5.02 Å². The minimum Gasteiger partial charge on any atom is -0.338 e. The first-order chi connectivity index (χ1) is 8.34. The molecule has 1 rings (SSSR count). The molecule has 2 N–H and O–H groups in total. The number of amides is 1. The number of nitrogens with two attached hydrogens (primary N) is 1. The summed E-state index contributed by atoms with van der Waals surface area (Å²) in [5.74, 6) is 0.0870. The highest BCUT2D eigenvalue weighted by atomic mass is 35.5. The van der Waals surface area contributed by atoms with Crippen molar-refractivity contribution in [1.29, 1.82) is 0 Å². The highest BCUT2D eigenvalue weighted by Gasteiger charge is 2.24. The molecule has 100 valence electrons. The number of nitrogens with zero attached hydrogens (tertiary/aromatic N) is 1. The van der Waals surface area contributed by atoms with Gasteiger partial charge in [-0.15, -0.1) is 0 Å². The third-order valence-corrected chi connectivity index (χ3v) is 3.50. The summed E-state index contributed by atoms with van der Waals surface area (Å²) in [6, 6.07) is 7.03. The minimum absolute atomic E-state index is 0.0407. The number of halogens is 1. The fraction of sp³-hybridized carbons (Fsp3) is 0.500. The summed E-state index contributed by atoms with van der Waals surface area (Å²) in [5, 5.41) is 0.674. The van der Waals surface area contributed by atoms with Gasteiger partial charge in [-0.3, -0.25) is 4.79 Å². The molecule has 18 heavy (non-hydrogen) atoms. The fourth-order valence-corrected chi connectivity index (χ4v) is 1.90. The molecule has 0 heterocycles. The van der Waals surface area contributed by atoms with Gasteiger partial charge in [0.25, 0.3) is 0 Å². The summed E-state index contributed by atoms with van der Waals surface area (Å²) < 4.78 is 0. The van der Waals surface area contributed by atoms with Crippen molar-refractivity contribution >= 4 is 17.5 Å². The molecule has 0 fully saturated rings. The van der Waals surface area contributed by atoms with Crippen LogP contribution in [0, 0.1) is 5.92 Å². The van der Waals surface area contributed by atoms with Crippen LogP contribution in [0.5, 0.6) is 0 Å². The molecule has 1 aromatic carbocycles. The van der Waals surface area contributed by atoms with Crippen LogP contribution in [-0.4, -0.2) is 23.9 Å². The minimum atomic E-state index is -0.461. The highest BCUT2D eigenvalue weighted by molar-refractivity contribution is 6.30. The van der Waals surface area contributed by atoms with Crippen molar-refractivity contribution in [3.05, 3.63) is 34.9 Å². The zero-order valence-corrected chi connectivity index (χ0v) is 12.1. The maximum atomic E-state index is 12.2. The lowest BCUT2D eigenvalue weighted by Gasteiger charge is -2.29. The van der Waals surface area contributed by atoms with Crippen LogP contribution in [0.25, 0.3) is 0 Å². The highest BCUT2D eigenvalue weighted by Crippen LogP contribution is 2.22. The smallest absolute Gasteiger partial charge is 0.239 e. The summed E-state index contributed by atoms with van der Waals surface area (Å²) in [7, 11) is 1.77. The van der Waals surface area contributed by atoms with Gasteiger partial charge in [0, 0.05) is 12.1 Å². The lowest BCUT2D eigenvalue weighted by molar-refractivity contribution is -0.134. The van der Waals surface area contributed by atoms with Crippen molar-refractivity contribution < 1.29 is 4.79 Å². The van der Waals surface area contributed by atoms with E-state index in [4.69, 9.17) is 17.3 Å². The van der Waals surface area contributed by atoms with Crippen LogP contribution >= 0.6 is 11.6 Å². The van der Waals surface area contributed by atoms with Crippen LogP contribution in [0.1, 0.15) is 32.4 Å². The molecule has 0 saturated heterocycles. The zero-order valence-electron chi connectivity index (χ0n) is 11.4. The van der Waals surface area contributed by atoms with Gasteiger partial charge in [0.15, 0.2) is 0 Å². The normalized spacial score (nSPS) is 14.4. The zero-order chi connectivity index (χ0) is 13.9. The summed E-state index contributed by atoms with van der Waals surface area (Å²) in [4.78, 5) is 13.8. The van der Waals surface area contributed by atoms with Crippen molar-refractivity contribution in [2.45, 2.75) is 32.9 Å². The van der Waals surface area contributed by atoms with E-state index >= 15 is 0 Å². The van der Waals surface area contributed by atoms with E-state index in [-0.39, 0.29) is 17.9 Å². The van der Waals surface area contributed by atoms with E-state index in [2.05, 4.69) is 0 Å². The Morgan fingerprint density at radius 2 is 1.94 bits per heavy atom. The maximum absolute atomic E-state index is 12.2. The van der Waals surface area contributed by atoms with Crippen LogP contribution < -0.4 is 5.73 Å². The maximum Gasteiger partial charge on any atom is 0.239 e. The molecule has 3 nitrogen and oxygen atoms in total. The Morgan fingerprint density at radius 3 is 2.44 bits per heavy atom. The van der Waals surface area contributed by atoms with Crippen molar-refractivity contribution in [3.63, 3.8) is 0 Å². The first-order valence-electron chi connectivity index (χ1n) is 6.12. The van der Waals surface area contributed by atoms with Crippen molar-refractivity contribution in [2.24, 2.45) is 11.7 Å². The number of likely N-dealkylation sites (N-methyl/N-ethyl adjacent to an activating group) is 1. The average Bonchev–Trinajstić information content (AvgIpc) is 2.35. The number of benzene rings is 1. The van der Waals surface area contributed by atoms with E-state index < -0.39 is 6.04 Å². The Kier molecular flexibility index (Phi) is 5.17. The monoisotopic (exact) mass is 268 g/mol. The third kappa shape index (κ3) is 3.47. The molecule has 0 bridgehead atoms. The van der Waals surface area contributed by atoms with Gasteiger partial charge in [-0.05, 0) is 30.5 Å². The number of carbonyl (C=O) groups excluding carboxylic acids is 1. The predicted octanol–water partition coefficient (Wildman–Crippen LogP) is 2.84. The van der Waals surface area contributed by atoms with E-state index in [1.165, 1.54) is 0 Å². The summed E-state index contributed by atoms with van der Waals surface area (Å²) in [6.07, 6.45) is 0. The molecule has 0 saturated carbocycles. The summed E-state index contributed by atoms with van der Waals surface area (Å²) in [6.45, 7) is 5.86. The largest absolute Gasteiger partial charge is 0.338 e.